The van der Waals surface area contributed by atoms with Crippen LogP contribution in [0, 0.1) is 5.92 Å². The van der Waals surface area contributed by atoms with Crippen molar-refractivity contribution in [1.82, 2.24) is 14.9 Å². The molecule has 0 aliphatic carbocycles. The number of amides is 1. The van der Waals surface area contributed by atoms with E-state index in [4.69, 9.17) is 0 Å². The Bertz CT molecular complexity index is 1020. The molecule has 0 fully saturated rings. The lowest BCUT2D eigenvalue weighted by Gasteiger charge is -2.21. The van der Waals surface area contributed by atoms with Crippen molar-refractivity contribution in [2.24, 2.45) is 5.92 Å². The molecule has 0 bridgehead atoms. The van der Waals surface area contributed by atoms with Gasteiger partial charge in [0.05, 0.1) is 16.9 Å². The first kappa shape index (κ1) is 18.1. The largest absolute Gasteiger partial charge is 0.348 e. The highest BCUT2D eigenvalue weighted by Crippen LogP contribution is 2.25. The lowest BCUT2D eigenvalue weighted by molar-refractivity contribution is -0.122. The summed E-state index contributed by atoms with van der Waals surface area (Å²) in [6.07, 6.45) is 0.157. The molecule has 0 aliphatic heterocycles. The average Bonchev–Trinajstić information content (AvgIpc) is 3.13. The van der Waals surface area contributed by atoms with Crippen LogP contribution in [-0.2, 0) is 11.3 Å². The van der Waals surface area contributed by atoms with Gasteiger partial charge in [0.1, 0.15) is 0 Å². The van der Waals surface area contributed by atoms with E-state index in [1.807, 2.05) is 17.5 Å². The Kier molecular flexibility index (Phi) is 5.37. The van der Waals surface area contributed by atoms with Crippen LogP contribution in [0.15, 0.2) is 51.4 Å². The fourth-order valence-corrected chi connectivity index (χ4v) is 3.91. The molecular formula is C19H21N3O3S. The minimum Gasteiger partial charge on any atom is -0.348 e. The molecule has 0 aliphatic rings. The van der Waals surface area contributed by atoms with Crippen molar-refractivity contribution < 1.29 is 4.79 Å². The van der Waals surface area contributed by atoms with E-state index in [1.165, 1.54) is 4.57 Å². The Labute approximate surface area is 154 Å². The van der Waals surface area contributed by atoms with Gasteiger partial charge in [0, 0.05) is 17.8 Å². The van der Waals surface area contributed by atoms with Gasteiger partial charge >= 0.3 is 5.69 Å². The predicted octanol–water partition coefficient (Wildman–Crippen LogP) is 2.65. The van der Waals surface area contributed by atoms with Crippen molar-refractivity contribution in [3.63, 3.8) is 0 Å². The summed E-state index contributed by atoms with van der Waals surface area (Å²) in [6, 6.07) is 10.8. The van der Waals surface area contributed by atoms with E-state index in [-0.39, 0.29) is 30.8 Å². The van der Waals surface area contributed by atoms with E-state index in [0.717, 1.165) is 4.88 Å². The molecule has 2 aromatic heterocycles. The Morgan fingerprint density at radius 2 is 1.96 bits per heavy atom. The van der Waals surface area contributed by atoms with E-state index < -0.39 is 11.2 Å². The van der Waals surface area contributed by atoms with Crippen LogP contribution in [-0.4, -0.2) is 15.5 Å². The summed E-state index contributed by atoms with van der Waals surface area (Å²) in [5.41, 5.74) is -0.378. The summed E-state index contributed by atoms with van der Waals surface area (Å²) in [7, 11) is 0. The predicted molar refractivity (Wildman–Crippen MR) is 103 cm³/mol. The minimum atomic E-state index is -0.500. The molecule has 1 aromatic carbocycles. The number of carbonyl (C=O) groups excluding carboxylic acids is 1. The standard InChI is InChI=1S/C19H21N3O3S/c1-12(2)17(15-8-5-11-26-15)20-16(23)9-10-22-14-7-4-3-6-13(14)18(24)21-19(22)25/h3-8,11-12,17H,9-10H2,1-2H3,(H,20,23)(H,21,24,25). The third-order valence-corrected chi connectivity index (χ3v) is 5.26. The molecule has 0 saturated heterocycles. The number of nitrogens with one attached hydrogen (secondary N) is 2. The van der Waals surface area contributed by atoms with E-state index in [2.05, 4.69) is 24.1 Å². The molecule has 2 heterocycles. The summed E-state index contributed by atoms with van der Waals surface area (Å²) < 4.78 is 1.44. The maximum absolute atomic E-state index is 12.4. The summed E-state index contributed by atoms with van der Waals surface area (Å²) in [5.74, 6) is 0.133. The SMILES string of the molecule is CC(C)C(NC(=O)CCn1c(=O)[nH]c(=O)c2ccccc21)c1cccs1. The Balaban J connectivity index is 1.77. The van der Waals surface area contributed by atoms with Crippen LogP contribution in [0.4, 0.5) is 0 Å². The molecule has 3 aromatic rings. The van der Waals surface area contributed by atoms with Gasteiger partial charge in [-0.1, -0.05) is 32.0 Å². The molecule has 0 radical (unpaired) electrons. The molecule has 0 saturated carbocycles. The van der Waals surface area contributed by atoms with Gasteiger partial charge in [-0.05, 0) is 29.5 Å². The first-order valence-corrected chi connectivity index (χ1v) is 9.40. The Morgan fingerprint density at radius 1 is 1.19 bits per heavy atom. The number of fused-ring (bicyclic) bond motifs is 1. The van der Waals surface area contributed by atoms with E-state index in [0.29, 0.717) is 10.9 Å². The van der Waals surface area contributed by atoms with E-state index >= 15 is 0 Å². The van der Waals surface area contributed by atoms with Crippen LogP contribution in [0.2, 0.25) is 0 Å². The topological polar surface area (TPSA) is 84.0 Å². The van der Waals surface area contributed by atoms with Crippen LogP contribution >= 0.6 is 11.3 Å². The third-order valence-electron chi connectivity index (χ3n) is 4.30. The maximum atomic E-state index is 12.4. The highest BCUT2D eigenvalue weighted by atomic mass is 32.1. The van der Waals surface area contributed by atoms with Gasteiger partial charge in [-0.25, -0.2) is 4.79 Å². The fraction of sp³-hybridized carbons (Fsp3) is 0.316. The molecule has 1 atom stereocenters. The average molecular weight is 371 g/mol. The molecular weight excluding hydrogens is 350 g/mol. The number of thiophene rings is 1. The highest BCUT2D eigenvalue weighted by molar-refractivity contribution is 7.10. The number of carbonyl (C=O) groups is 1. The molecule has 26 heavy (non-hydrogen) atoms. The summed E-state index contributed by atoms with van der Waals surface area (Å²) in [5, 5.41) is 5.48. The number of aromatic amines is 1. The van der Waals surface area contributed by atoms with Crippen LogP contribution in [0.1, 0.15) is 31.2 Å². The number of nitrogens with zero attached hydrogens (tertiary/aromatic N) is 1. The Morgan fingerprint density at radius 3 is 2.65 bits per heavy atom. The zero-order chi connectivity index (χ0) is 18.7. The Hall–Kier alpha value is -2.67. The number of benzene rings is 1. The quantitative estimate of drug-likeness (QED) is 0.699. The summed E-state index contributed by atoms with van der Waals surface area (Å²) in [4.78, 5) is 39.9. The zero-order valence-corrected chi connectivity index (χ0v) is 15.5. The molecule has 3 rings (SSSR count). The van der Waals surface area contributed by atoms with Crippen LogP contribution in [0.25, 0.3) is 10.9 Å². The minimum absolute atomic E-state index is 0.0495. The number of rotatable bonds is 6. The van der Waals surface area contributed by atoms with Crippen molar-refractivity contribution in [3.8, 4) is 0 Å². The number of aromatic nitrogens is 2. The third kappa shape index (κ3) is 3.77. The number of para-hydroxylation sites is 1. The molecule has 136 valence electrons. The second-order valence-electron chi connectivity index (χ2n) is 6.48. The number of aryl methyl sites for hydroxylation is 1. The molecule has 1 unspecified atom stereocenters. The maximum Gasteiger partial charge on any atom is 0.328 e. The van der Waals surface area contributed by atoms with Gasteiger partial charge in [-0.15, -0.1) is 11.3 Å². The van der Waals surface area contributed by atoms with E-state index in [1.54, 1.807) is 35.6 Å². The first-order chi connectivity index (χ1) is 12.5. The molecule has 1 amide bonds. The fourth-order valence-electron chi connectivity index (χ4n) is 2.96. The lowest BCUT2D eigenvalue weighted by Crippen LogP contribution is -2.34. The molecule has 6 nitrogen and oxygen atoms in total. The lowest BCUT2D eigenvalue weighted by atomic mass is 10.0. The summed E-state index contributed by atoms with van der Waals surface area (Å²) in [6.45, 7) is 4.33. The first-order valence-electron chi connectivity index (χ1n) is 8.52. The molecule has 7 heteroatoms. The second-order valence-corrected chi connectivity index (χ2v) is 7.46. The zero-order valence-electron chi connectivity index (χ0n) is 14.7. The number of hydrogen-bond acceptors (Lipinski definition) is 4. The highest BCUT2D eigenvalue weighted by Gasteiger charge is 2.19. The number of hydrogen-bond donors (Lipinski definition) is 2. The van der Waals surface area contributed by atoms with Gasteiger partial charge in [0.25, 0.3) is 5.56 Å². The van der Waals surface area contributed by atoms with Gasteiger partial charge < -0.3 is 5.32 Å². The van der Waals surface area contributed by atoms with Gasteiger partial charge in [0.2, 0.25) is 5.91 Å². The second kappa shape index (κ2) is 7.70. The van der Waals surface area contributed by atoms with Gasteiger partial charge in [-0.3, -0.25) is 19.1 Å². The van der Waals surface area contributed by atoms with Crippen molar-refractivity contribution in [3.05, 3.63) is 67.5 Å². The van der Waals surface area contributed by atoms with Crippen molar-refractivity contribution in [2.45, 2.75) is 32.9 Å². The van der Waals surface area contributed by atoms with Crippen molar-refractivity contribution in [2.75, 3.05) is 0 Å². The van der Waals surface area contributed by atoms with E-state index in [9.17, 15) is 14.4 Å². The van der Waals surface area contributed by atoms with Crippen LogP contribution in [0.3, 0.4) is 0 Å². The molecule has 0 spiro atoms. The van der Waals surface area contributed by atoms with Crippen LogP contribution in [0.5, 0.6) is 0 Å². The summed E-state index contributed by atoms with van der Waals surface area (Å²) >= 11 is 1.61. The number of H-pyrrole nitrogens is 1. The van der Waals surface area contributed by atoms with Gasteiger partial charge in [0.15, 0.2) is 0 Å². The van der Waals surface area contributed by atoms with Crippen molar-refractivity contribution >= 4 is 28.1 Å². The van der Waals surface area contributed by atoms with Crippen molar-refractivity contribution in [1.29, 1.82) is 0 Å². The normalized spacial score (nSPS) is 12.4. The molecule has 2 N–H and O–H groups in total. The monoisotopic (exact) mass is 371 g/mol. The smallest absolute Gasteiger partial charge is 0.328 e. The van der Waals surface area contributed by atoms with Crippen LogP contribution < -0.4 is 16.6 Å². The van der Waals surface area contributed by atoms with Gasteiger partial charge in [-0.2, -0.15) is 0 Å².